The molecule has 0 aromatic rings. The molecule has 5 nitrogen and oxygen atoms in total. The Kier molecular flexibility index (Phi) is 5.45. The summed E-state index contributed by atoms with van der Waals surface area (Å²) in [4.78, 5) is 25.4. The van der Waals surface area contributed by atoms with E-state index in [9.17, 15) is 9.59 Å². The molecule has 0 aliphatic carbocycles. The minimum atomic E-state index is -0.268. The number of rotatable bonds is 4. The summed E-state index contributed by atoms with van der Waals surface area (Å²) in [7, 11) is 0. The number of hydrogen-bond donors (Lipinski definition) is 1. The van der Waals surface area contributed by atoms with Gasteiger partial charge in [-0.2, -0.15) is 0 Å². The van der Waals surface area contributed by atoms with Crippen LogP contribution in [0.15, 0.2) is 0 Å². The maximum Gasteiger partial charge on any atom is 0.249 e. The van der Waals surface area contributed by atoms with E-state index < -0.39 is 0 Å². The standard InChI is InChI=1S/C13H21ClN2O3/c14-6-3-12(17)16-7-4-10(5-8-16)15-13(18)11-2-1-9-19-11/h10-11H,1-9H2,(H,15,18). The van der Waals surface area contributed by atoms with E-state index in [0.717, 1.165) is 25.7 Å². The van der Waals surface area contributed by atoms with Crippen molar-refractivity contribution < 1.29 is 14.3 Å². The Hall–Kier alpha value is -0.810. The van der Waals surface area contributed by atoms with E-state index in [1.807, 2.05) is 4.90 Å². The van der Waals surface area contributed by atoms with Crippen molar-refractivity contribution >= 4 is 23.4 Å². The second kappa shape index (κ2) is 7.10. The number of amides is 2. The lowest BCUT2D eigenvalue weighted by molar-refractivity contribution is -0.133. The summed E-state index contributed by atoms with van der Waals surface area (Å²) in [6.07, 6.45) is 3.53. The normalized spacial score (nSPS) is 24.5. The first-order chi connectivity index (χ1) is 9.20. The van der Waals surface area contributed by atoms with Crippen LogP contribution in [0, 0.1) is 0 Å². The highest BCUT2D eigenvalue weighted by atomic mass is 35.5. The molecule has 108 valence electrons. The van der Waals surface area contributed by atoms with Gasteiger partial charge in [0.1, 0.15) is 6.10 Å². The molecular weight excluding hydrogens is 268 g/mol. The zero-order chi connectivity index (χ0) is 13.7. The summed E-state index contributed by atoms with van der Waals surface area (Å²) in [5.41, 5.74) is 0. The SMILES string of the molecule is O=C(NC1CCN(C(=O)CCCl)CC1)C1CCCO1. The van der Waals surface area contributed by atoms with Gasteiger partial charge in [-0.1, -0.05) is 0 Å². The van der Waals surface area contributed by atoms with Gasteiger partial charge in [0.2, 0.25) is 11.8 Å². The minimum Gasteiger partial charge on any atom is -0.368 e. The number of likely N-dealkylation sites (tertiary alicyclic amines) is 1. The fourth-order valence-electron chi connectivity index (χ4n) is 2.59. The van der Waals surface area contributed by atoms with E-state index >= 15 is 0 Å². The number of ether oxygens (including phenoxy) is 1. The van der Waals surface area contributed by atoms with E-state index in [0.29, 0.717) is 32.0 Å². The van der Waals surface area contributed by atoms with Crippen LogP contribution in [0.2, 0.25) is 0 Å². The molecule has 2 rings (SSSR count). The molecular formula is C13H21ClN2O3. The molecule has 2 fully saturated rings. The van der Waals surface area contributed by atoms with Crippen LogP contribution in [-0.2, 0) is 14.3 Å². The number of carbonyl (C=O) groups is 2. The first-order valence-electron chi connectivity index (χ1n) is 6.96. The highest BCUT2D eigenvalue weighted by Gasteiger charge is 2.28. The van der Waals surface area contributed by atoms with E-state index in [2.05, 4.69) is 5.32 Å². The second-order valence-electron chi connectivity index (χ2n) is 5.10. The van der Waals surface area contributed by atoms with Gasteiger partial charge >= 0.3 is 0 Å². The average Bonchev–Trinajstić information content (AvgIpc) is 2.94. The van der Waals surface area contributed by atoms with Gasteiger partial charge in [0, 0.05) is 38.0 Å². The fraction of sp³-hybridized carbons (Fsp3) is 0.846. The highest BCUT2D eigenvalue weighted by molar-refractivity contribution is 6.18. The number of nitrogens with zero attached hydrogens (tertiary/aromatic N) is 1. The van der Waals surface area contributed by atoms with Gasteiger partial charge in [-0.3, -0.25) is 9.59 Å². The summed E-state index contributed by atoms with van der Waals surface area (Å²) >= 11 is 5.57. The summed E-state index contributed by atoms with van der Waals surface area (Å²) in [5, 5.41) is 3.02. The smallest absolute Gasteiger partial charge is 0.249 e. The summed E-state index contributed by atoms with van der Waals surface area (Å²) in [6, 6.07) is 0.164. The van der Waals surface area contributed by atoms with Crippen LogP contribution >= 0.6 is 11.6 Å². The molecule has 0 aromatic heterocycles. The molecule has 2 heterocycles. The molecule has 1 unspecified atom stereocenters. The lowest BCUT2D eigenvalue weighted by atomic mass is 10.0. The summed E-state index contributed by atoms with van der Waals surface area (Å²) < 4.78 is 5.36. The van der Waals surface area contributed by atoms with Gasteiger partial charge in [-0.25, -0.2) is 0 Å². The van der Waals surface area contributed by atoms with Crippen molar-refractivity contribution in [1.29, 1.82) is 0 Å². The molecule has 0 bridgehead atoms. The van der Waals surface area contributed by atoms with Gasteiger partial charge in [-0.05, 0) is 25.7 Å². The first kappa shape index (κ1) is 14.6. The number of alkyl halides is 1. The summed E-state index contributed by atoms with van der Waals surface area (Å²) in [6.45, 7) is 2.09. The highest BCUT2D eigenvalue weighted by Crippen LogP contribution is 2.15. The minimum absolute atomic E-state index is 0.00281. The van der Waals surface area contributed by atoms with Crippen LogP contribution in [-0.4, -0.2) is 54.4 Å². The Labute approximate surface area is 118 Å². The molecule has 1 atom stereocenters. The van der Waals surface area contributed by atoms with Crippen LogP contribution in [0.4, 0.5) is 0 Å². The van der Waals surface area contributed by atoms with E-state index in [-0.39, 0.29) is 24.0 Å². The van der Waals surface area contributed by atoms with E-state index in [1.165, 1.54) is 0 Å². The maximum atomic E-state index is 11.9. The molecule has 2 amide bonds. The zero-order valence-electron chi connectivity index (χ0n) is 11.1. The van der Waals surface area contributed by atoms with Crippen molar-refractivity contribution in [2.24, 2.45) is 0 Å². The Morgan fingerprint density at radius 1 is 1.26 bits per heavy atom. The van der Waals surface area contributed by atoms with Gasteiger partial charge in [0.15, 0.2) is 0 Å². The van der Waals surface area contributed by atoms with Crippen molar-refractivity contribution in [2.45, 2.75) is 44.2 Å². The molecule has 1 N–H and O–H groups in total. The monoisotopic (exact) mass is 288 g/mol. The van der Waals surface area contributed by atoms with Crippen molar-refractivity contribution in [3.05, 3.63) is 0 Å². The van der Waals surface area contributed by atoms with Crippen LogP contribution in [0.5, 0.6) is 0 Å². The first-order valence-corrected chi connectivity index (χ1v) is 7.50. The molecule has 0 aromatic carbocycles. The Morgan fingerprint density at radius 3 is 2.58 bits per heavy atom. The largest absolute Gasteiger partial charge is 0.368 e. The van der Waals surface area contributed by atoms with E-state index in [1.54, 1.807) is 0 Å². The topological polar surface area (TPSA) is 58.6 Å². The van der Waals surface area contributed by atoms with Crippen LogP contribution in [0.3, 0.4) is 0 Å². The lowest BCUT2D eigenvalue weighted by Crippen LogP contribution is -2.48. The molecule has 2 aliphatic rings. The van der Waals surface area contributed by atoms with Crippen molar-refractivity contribution in [3.8, 4) is 0 Å². The number of halogens is 1. The van der Waals surface area contributed by atoms with Crippen molar-refractivity contribution in [2.75, 3.05) is 25.6 Å². The number of carbonyl (C=O) groups excluding carboxylic acids is 2. The van der Waals surface area contributed by atoms with Gasteiger partial charge < -0.3 is 15.0 Å². The van der Waals surface area contributed by atoms with Crippen LogP contribution < -0.4 is 5.32 Å². The third-order valence-electron chi connectivity index (χ3n) is 3.72. The molecule has 0 spiro atoms. The third-order valence-corrected chi connectivity index (χ3v) is 3.91. The molecule has 19 heavy (non-hydrogen) atoms. The fourth-order valence-corrected chi connectivity index (χ4v) is 2.75. The van der Waals surface area contributed by atoms with Crippen molar-refractivity contribution in [1.82, 2.24) is 10.2 Å². The maximum absolute atomic E-state index is 11.9. The number of hydrogen-bond acceptors (Lipinski definition) is 3. The predicted molar refractivity (Wildman–Crippen MR) is 72.1 cm³/mol. The molecule has 0 saturated carbocycles. The number of nitrogens with one attached hydrogen (secondary N) is 1. The molecule has 0 radical (unpaired) electrons. The van der Waals surface area contributed by atoms with Crippen LogP contribution in [0.1, 0.15) is 32.1 Å². The third kappa shape index (κ3) is 4.08. The second-order valence-corrected chi connectivity index (χ2v) is 5.48. The molecule has 6 heteroatoms. The van der Waals surface area contributed by atoms with Gasteiger partial charge in [-0.15, -0.1) is 11.6 Å². The Bertz CT molecular complexity index is 324. The Balaban J connectivity index is 1.71. The average molecular weight is 289 g/mol. The Morgan fingerprint density at radius 2 is 2.00 bits per heavy atom. The number of piperidine rings is 1. The lowest BCUT2D eigenvalue weighted by Gasteiger charge is -2.32. The molecule has 2 aliphatic heterocycles. The zero-order valence-corrected chi connectivity index (χ0v) is 11.8. The van der Waals surface area contributed by atoms with Crippen LogP contribution in [0.25, 0.3) is 0 Å². The predicted octanol–water partition coefficient (Wildman–Crippen LogP) is 0.901. The van der Waals surface area contributed by atoms with Gasteiger partial charge in [0.25, 0.3) is 0 Å². The molecule has 2 saturated heterocycles. The quantitative estimate of drug-likeness (QED) is 0.782. The van der Waals surface area contributed by atoms with Crippen molar-refractivity contribution in [3.63, 3.8) is 0 Å². The van der Waals surface area contributed by atoms with Gasteiger partial charge in [0.05, 0.1) is 0 Å². The van der Waals surface area contributed by atoms with E-state index in [4.69, 9.17) is 16.3 Å². The summed E-state index contributed by atoms with van der Waals surface area (Å²) in [5.74, 6) is 0.482.